The molecule has 0 radical (unpaired) electrons. The molecule has 0 aliphatic rings. The summed E-state index contributed by atoms with van der Waals surface area (Å²) in [6.45, 7) is 3.75. The maximum absolute atomic E-state index is 12.2. The summed E-state index contributed by atoms with van der Waals surface area (Å²) in [6, 6.07) is -0.563. The van der Waals surface area contributed by atoms with Gasteiger partial charge in [0.2, 0.25) is 5.91 Å². The predicted octanol–water partition coefficient (Wildman–Crippen LogP) is 1.11. The molecular weight excluding hydrogens is 247 g/mol. The van der Waals surface area contributed by atoms with E-state index in [0.29, 0.717) is 19.5 Å². The molecule has 1 amide bonds. The lowest BCUT2D eigenvalue weighted by molar-refractivity contribution is -0.145. The van der Waals surface area contributed by atoms with Crippen molar-refractivity contribution in [2.24, 2.45) is 5.73 Å². The number of carbonyl (C=O) groups excluding carboxylic acids is 1. The summed E-state index contributed by atoms with van der Waals surface area (Å²) in [5, 5.41) is 2.93. The van der Waals surface area contributed by atoms with Crippen molar-refractivity contribution < 1.29 is 18.0 Å². The van der Waals surface area contributed by atoms with Gasteiger partial charge >= 0.3 is 6.18 Å². The fraction of sp³-hybridized carbons (Fsp3) is 0.909. The Kier molecular flexibility index (Phi) is 7.93. The number of rotatable bonds is 9. The van der Waals surface area contributed by atoms with Crippen molar-refractivity contribution >= 4 is 5.91 Å². The monoisotopic (exact) mass is 269 g/mol. The van der Waals surface area contributed by atoms with Gasteiger partial charge in [-0.25, -0.2) is 0 Å². The number of nitrogens with one attached hydrogen (secondary N) is 1. The molecule has 1 atom stereocenters. The van der Waals surface area contributed by atoms with Crippen molar-refractivity contribution in [3.8, 4) is 0 Å². The molecule has 1 unspecified atom stereocenters. The number of alkyl halides is 3. The highest BCUT2D eigenvalue weighted by molar-refractivity contribution is 5.79. The summed E-state index contributed by atoms with van der Waals surface area (Å²) in [7, 11) is 0. The van der Waals surface area contributed by atoms with E-state index in [1.807, 2.05) is 6.92 Å². The van der Waals surface area contributed by atoms with E-state index in [1.165, 1.54) is 4.90 Å². The lowest BCUT2D eigenvalue weighted by Gasteiger charge is -2.24. The van der Waals surface area contributed by atoms with Gasteiger partial charge in [-0.2, -0.15) is 13.2 Å². The van der Waals surface area contributed by atoms with Crippen molar-refractivity contribution in [3.05, 3.63) is 0 Å². The molecule has 0 aromatic carbocycles. The number of nitrogens with two attached hydrogens (primary N) is 1. The summed E-state index contributed by atoms with van der Waals surface area (Å²) >= 11 is 0. The Morgan fingerprint density at radius 3 is 2.39 bits per heavy atom. The maximum atomic E-state index is 12.2. The van der Waals surface area contributed by atoms with E-state index in [0.717, 1.165) is 6.42 Å². The summed E-state index contributed by atoms with van der Waals surface area (Å²) in [5.41, 5.74) is 5.19. The van der Waals surface area contributed by atoms with Gasteiger partial charge in [-0.15, -0.1) is 0 Å². The Labute approximate surface area is 106 Å². The van der Waals surface area contributed by atoms with Gasteiger partial charge in [-0.05, 0) is 25.9 Å². The van der Waals surface area contributed by atoms with E-state index in [4.69, 9.17) is 5.73 Å². The van der Waals surface area contributed by atoms with Gasteiger partial charge in [0.25, 0.3) is 0 Å². The topological polar surface area (TPSA) is 58.4 Å². The van der Waals surface area contributed by atoms with Gasteiger partial charge in [-0.1, -0.05) is 13.8 Å². The summed E-state index contributed by atoms with van der Waals surface area (Å²) < 4.78 is 36.7. The van der Waals surface area contributed by atoms with Gasteiger partial charge < -0.3 is 11.1 Å². The molecule has 0 saturated carbocycles. The van der Waals surface area contributed by atoms with E-state index in [9.17, 15) is 18.0 Å². The highest BCUT2D eigenvalue weighted by Gasteiger charge is 2.30. The molecular formula is C11H22F3N3O. The van der Waals surface area contributed by atoms with Crippen molar-refractivity contribution in [3.63, 3.8) is 0 Å². The van der Waals surface area contributed by atoms with Crippen LogP contribution in [0.5, 0.6) is 0 Å². The highest BCUT2D eigenvalue weighted by Crippen LogP contribution is 2.16. The largest absolute Gasteiger partial charge is 0.401 e. The Morgan fingerprint density at radius 1 is 1.39 bits per heavy atom. The number of primary amides is 1. The molecule has 0 rings (SSSR count). The second-order valence-corrected chi connectivity index (χ2v) is 4.18. The molecule has 18 heavy (non-hydrogen) atoms. The minimum atomic E-state index is -4.21. The molecule has 0 saturated heterocycles. The average Bonchev–Trinajstić information content (AvgIpc) is 2.25. The number of hydrogen-bond acceptors (Lipinski definition) is 3. The molecule has 0 aromatic heterocycles. The quantitative estimate of drug-likeness (QED) is 0.659. The van der Waals surface area contributed by atoms with E-state index < -0.39 is 24.7 Å². The normalized spacial score (nSPS) is 13.9. The van der Waals surface area contributed by atoms with Crippen LogP contribution in [0, 0.1) is 0 Å². The Morgan fingerprint density at radius 2 is 2.00 bits per heavy atom. The fourth-order valence-corrected chi connectivity index (χ4v) is 1.58. The highest BCUT2D eigenvalue weighted by atomic mass is 19.4. The molecule has 0 fully saturated rings. The van der Waals surface area contributed by atoms with Crippen LogP contribution in [-0.4, -0.2) is 49.2 Å². The Bertz CT molecular complexity index is 246. The first-order valence-corrected chi connectivity index (χ1v) is 6.12. The van der Waals surface area contributed by atoms with E-state index in [2.05, 4.69) is 5.32 Å². The molecule has 0 aromatic rings. The number of halogens is 3. The van der Waals surface area contributed by atoms with Crippen LogP contribution in [0.4, 0.5) is 13.2 Å². The average molecular weight is 269 g/mol. The minimum absolute atomic E-state index is 0.195. The van der Waals surface area contributed by atoms with Gasteiger partial charge in [0, 0.05) is 6.54 Å². The van der Waals surface area contributed by atoms with Gasteiger partial charge in [-0.3, -0.25) is 9.69 Å². The second kappa shape index (κ2) is 8.31. The number of amides is 1. The third-order valence-electron chi connectivity index (χ3n) is 2.57. The third kappa shape index (κ3) is 8.30. The van der Waals surface area contributed by atoms with Crippen LogP contribution in [0.25, 0.3) is 0 Å². The Hall–Kier alpha value is -0.820. The van der Waals surface area contributed by atoms with Crippen LogP contribution in [0.2, 0.25) is 0 Å². The molecule has 0 spiro atoms. The van der Waals surface area contributed by atoms with Gasteiger partial charge in [0.15, 0.2) is 0 Å². The maximum Gasteiger partial charge on any atom is 0.401 e. The summed E-state index contributed by atoms with van der Waals surface area (Å²) in [5.74, 6) is -0.522. The van der Waals surface area contributed by atoms with Crippen LogP contribution < -0.4 is 11.1 Å². The molecule has 3 N–H and O–H groups in total. The molecule has 0 bridgehead atoms. The number of carbonyl (C=O) groups is 1. The molecule has 4 nitrogen and oxygen atoms in total. The van der Waals surface area contributed by atoms with Crippen LogP contribution >= 0.6 is 0 Å². The summed E-state index contributed by atoms with van der Waals surface area (Å²) in [4.78, 5) is 12.4. The zero-order valence-electron chi connectivity index (χ0n) is 10.9. The third-order valence-corrected chi connectivity index (χ3v) is 2.57. The fourth-order valence-electron chi connectivity index (χ4n) is 1.58. The zero-order chi connectivity index (χ0) is 14.2. The minimum Gasteiger partial charge on any atom is -0.368 e. The van der Waals surface area contributed by atoms with Crippen LogP contribution in [0.15, 0.2) is 0 Å². The summed E-state index contributed by atoms with van der Waals surface area (Å²) in [6.07, 6.45) is -3.09. The molecule has 0 aliphatic carbocycles. The second-order valence-electron chi connectivity index (χ2n) is 4.18. The van der Waals surface area contributed by atoms with E-state index >= 15 is 0 Å². The molecule has 0 heterocycles. The van der Waals surface area contributed by atoms with Crippen molar-refractivity contribution in [2.75, 3.05) is 26.2 Å². The standard InChI is InChI=1S/C11H22F3N3O/c1-3-6-16-9(10(15)18)5-7-17(4-2)8-11(12,13)14/h9,16H,3-8H2,1-2H3,(H2,15,18). The first kappa shape index (κ1) is 17.2. The molecule has 7 heteroatoms. The van der Waals surface area contributed by atoms with Gasteiger partial charge in [0.05, 0.1) is 12.6 Å². The van der Waals surface area contributed by atoms with Crippen molar-refractivity contribution in [1.82, 2.24) is 10.2 Å². The molecule has 0 aliphatic heterocycles. The smallest absolute Gasteiger partial charge is 0.368 e. The van der Waals surface area contributed by atoms with Crippen LogP contribution in [0.1, 0.15) is 26.7 Å². The van der Waals surface area contributed by atoms with E-state index in [-0.39, 0.29) is 6.54 Å². The van der Waals surface area contributed by atoms with E-state index in [1.54, 1.807) is 6.92 Å². The SMILES string of the molecule is CCCNC(CCN(CC)CC(F)(F)F)C(N)=O. The number of nitrogens with zero attached hydrogens (tertiary/aromatic N) is 1. The zero-order valence-corrected chi connectivity index (χ0v) is 10.9. The van der Waals surface area contributed by atoms with Crippen LogP contribution in [-0.2, 0) is 4.79 Å². The van der Waals surface area contributed by atoms with Crippen molar-refractivity contribution in [1.29, 1.82) is 0 Å². The Balaban J connectivity index is 4.17. The van der Waals surface area contributed by atoms with Gasteiger partial charge in [0.1, 0.15) is 0 Å². The lowest BCUT2D eigenvalue weighted by Crippen LogP contribution is -2.45. The number of hydrogen-bond donors (Lipinski definition) is 2. The van der Waals surface area contributed by atoms with Crippen LogP contribution in [0.3, 0.4) is 0 Å². The first-order chi connectivity index (χ1) is 8.30. The first-order valence-electron chi connectivity index (χ1n) is 6.12. The molecule has 108 valence electrons. The van der Waals surface area contributed by atoms with Crippen molar-refractivity contribution in [2.45, 2.75) is 38.9 Å². The predicted molar refractivity (Wildman–Crippen MR) is 64.1 cm³/mol. The lowest BCUT2D eigenvalue weighted by atomic mass is 10.2.